The molecule has 7 heteroatoms. The average Bonchev–Trinajstić information content (AvgIpc) is 3.15. The first kappa shape index (κ1) is 13.3. The van der Waals surface area contributed by atoms with Crippen LogP contribution in [0, 0.1) is 16.0 Å². The van der Waals surface area contributed by atoms with E-state index in [0.717, 1.165) is 35.7 Å². The van der Waals surface area contributed by atoms with Crippen molar-refractivity contribution in [2.45, 2.75) is 32.4 Å². The molecule has 1 fully saturated rings. The molecule has 1 aliphatic carbocycles. The second-order valence-corrected chi connectivity index (χ2v) is 4.80. The third kappa shape index (κ3) is 3.40. The van der Waals surface area contributed by atoms with E-state index in [-0.39, 0.29) is 24.2 Å². The van der Waals surface area contributed by atoms with Crippen LogP contribution >= 0.6 is 0 Å². The minimum atomic E-state index is -0.597. The summed E-state index contributed by atoms with van der Waals surface area (Å²) in [7, 11) is 0. The minimum absolute atomic E-state index is 0.0851. The largest absolute Gasteiger partial charge is 0.352 e. The molecule has 0 saturated heterocycles. The van der Waals surface area contributed by atoms with Gasteiger partial charge in [0.2, 0.25) is 5.91 Å². The van der Waals surface area contributed by atoms with Crippen LogP contribution < -0.4 is 10.9 Å². The molecular weight excluding hydrogens is 250 g/mol. The number of hydrogen-bond acceptors (Lipinski definition) is 4. The summed E-state index contributed by atoms with van der Waals surface area (Å²) in [5.41, 5.74) is -0.637. The van der Waals surface area contributed by atoms with Crippen LogP contribution in [-0.4, -0.2) is 21.4 Å². The molecule has 0 aliphatic heterocycles. The minimum Gasteiger partial charge on any atom is -0.352 e. The van der Waals surface area contributed by atoms with Crippen molar-refractivity contribution < 1.29 is 9.72 Å². The van der Waals surface area contributed by atoms with Gasteiger partial charge < -0.3 is 5.32 Å². The van der Waals surface area contributed by atoms with Gasteiger partial charge in [0.05, 0.1) is 11.1 Å². The van der Waals surface area contributed by atoms with Crippen molar-refractivity contribution in [3.8, 4) is 0 Å². The van der Waals surface area contributed by atoms with E-state index in [4.69, 9.17) is 0 Å². The third-order valence-electron chi connectivity index (χ3n) is 3.21. The van der Waals surface area contributed by atoms with Crippen LogP contribution in [0.25, 0.3) is 0 Å². The maximum Gasteiger partial charge on any atom is 0.285 e. The fraction of sp³-hybridized carbons (Fsp3) is 0.500. The lowest BCUT2D eigenvalue weighted by Crippen LogP contribution is -2.38. The molecule has 1 aliphatic rings. The van der Waals surface area contributed by atoms with Crippen molar-refractivity contribution in [2.24, 2.45) is 5.92 Å². The summed E-state index contributed by atoms with van der Waals surface area (Å²) in [6.45, 7) is 1.73. The second kappa shape index (κ2) is 5.21. The lowest BCUT2D eigenvalue weighted by molar-refractivity contribution is -0.385. The first-order valence-electron chi connectivity index (χ1n) is 6.11. The number of aromatic nitrogens is 1. The van der Waals surface area contributed by atoms with Crippen LogP contribution in [0.3, 0.4) is 0 Å². The highest BCUT2D eigenvalue weighted by Gasteiger charge is 2.28. The summed E-state index contributed by atoms with van der Waals surface area (Å²) in [6.07, 6.45) is 3.31. The smallest absolute Gasteiger partial charge is 0.285 e. The van der Waals surface area contributed by atoms with E-state index >= 15 is 0 Å². The van der Waals surface area contributed by atoms with Gasteiger partial charge in [0.25, 0.3) is 11.2 Å². The topological polar surface area (TPSA) is 94.2 Å². The van der Waals surface area contributed by atoms with E-state index in [2.05, 4.69) is 5.32 Å². The third-order valence-corrected chi connectivity index (χ3v) is 3.21. The van der Waals surface area contributed by atoms with E-state index < -0.39 is 10.5 Å². The SMILES string of the molecule is C[C@H](NC(=O)Cn1cc([N+](=O)[O-])ccc1=O)C1CC1. The zero-order valence-corrected chi connectivity index (χ0v) is 10.5. The molecule has 1 atom stereocenters. The van der Waals surface area contributed by atoms with Gasteiger partial charge in [-0.05, 0) is 25.7 Å². The lowest BCUT2D eigenvalue weighted by Gasteiger charge is -2.13. The summed E-state index contributed by atoms with van der Waals surface area (Å²) >= 11 is 0. The van der Waals surface area contributed by atoms with Crippen molar-refractivity contribution in [3.05, 3.63) is 38.8 Å². The van der Waals surface area contributed by atoms with E-state index in [9.17, 15) is 19.7 Å². The predicted molar refractivity (Wildman–Crippen MR) is 67.7 cm³/mol. The number of carbonyl (C=O) groups is 1. The number of nitrogens with zero attached hydrogens (tertiary/aromatic N) is 2. The molecule has 1 saturated carbocycles. The van der Waals surface area contributed by atoms with Crippen LogP contribution in [0.4, 0.5) is 5.69 Å². The van der Waals surface area contributed by atoms with Crippen molar-refractivity contribution in [1.82, 2.24) is 9.88 Å². The Hall–Kier alpha value is -2.18. The predicted octanol–water partition coefficient (Wildman–Crippen LogP) is 0.671. The molecule has 0 unspecified atom stereocenters. The van der Waals surface area contributed by atoms with Crippen molar-refractivity contribution in [1.29, 1.82) is 0 Å². The Morgan fingerprint density at radius 3 is 2.84 bits per heavy atom. The van der Waals surface area contributed by atoms with Gasteiger partial charge in [-0.15, -0.1) is 0 Å². The van der Waals surface area contributed by atoms with Gasteiger partial charge in [-0.3, -0.25) is 24.3 Å². The van der Waals surface area contributed by atoms with Crippen LogP contribution in [0.15, 0.2) is 23.1 Å². The highest BCUT2D eigenvalue weighted by Crippen LogP contribution is 2.32. The van der Waals surface area contributed by atoms with Crippen molar-refractivity contribution >= 4 is 11.6 Å². The second-order valence-electron chi connectivity index (χ2n) is 4.80. The Bertz CT molecular complexity index is 562. The maximum atomic E-state index is 11.7. The Morgan fingerprint density at radius 2 is 2.26 bits per heavy atom. The Kier molecular flexibility index (Phi) is 3.64. The van der Waals surface area contributed by atoms with Crippen LogP contribution in [-0.2, 0) is 11.3 Å². The van der Waals surface area contributed by atoms with E-state index in [0.29, 0.717) is 5.92 Å². The van der Waals surface area contributed by atoms with Crippen LogP contribution in [0.1, 0.15) is 19.8 Å². The normalized spacial score (nSPS) is 15.8. The van der Waals surface area contributed by atoms with E-state index in [1.54, 1.807) is 0 Å². The summed E-state index contributed by atoms with van der Waals surface area (Å²) < 4.78 is 1.05. The molecule has 1 aromatic rings. The highest BCUT2D eigenvalue weighted by molar-refractivity contribution is 5.76. The van der Waals surface area contributed by atoms with Crippen molar-refractivity contribution in [3.63, 3.8) is 0 Å². The number of rotatable bonds is 5. The van der Waals surface area contributed by atoms with Crippen LogP contribution in [0.2, 0.25) is 0 Å². The Morgan fingerprint density at radius 1 is 1.58 bits per heavy atom. The standard InChI is InChI=1S/C12H15N3O4/c1-8(9-2-3-9)13-11(16)7-14-6-10(15(18)19)4-5-12(14)17/h4-6,8-9H,2-3,7H2,1H3,(H,13,16)/t8-/m0/s1. The van der Waals surface area contributed by atoms with E-state index in [1.165, 1.54) is 0 Å². The quantitative estimate of drug-likeness (QED) is 0.625. The molecule has 7 nitrogen and oxygen atoms in total. The summed E-state index contributed by atoms with van der Waals surface area (Å²) in [5, 5.41) is 13.4. The molecule has 2 rings (SSSR count). The first-order valence-corrected chi connectivity index (χ1v) is 6.11. The van der Waals surface area contributed by atoms with E-state index in [1.807, 2.05) is 6.92 Å². The fourth-order valence-electron chi connectivity index (χ4n) is 1.92. The number of nitro groups is 1. The molecule has 102 valence electrons. The number of nitrogens with one attached hydrogen (secondary N) is 1. The molecular formula is C12H15N3O4. The molecule has 1 N–H and O–H groups in total. The fourth-order valence-corrected chi connectivity index (χ4v) is 1.92. The number of carbonyl (C=O) groups excluding carboxylic acids is 1. The Labute approximate surface area is 109 Å². The van der Waals surface area contributed by atoms with Gasteiger partial charge in [-0.1, -0.05) is 0 Å². The van der Waals surface area contributed by atoms with Gasteiger partial charge in [0.1, 0.15) is 6.54 Å². The monoisotopic (exact) mass is 265 g/mol. The first-order chi connectivity index (χ1) is 8.97. The lowest BCUT2D eigenvalue weighted by atomic mass is 10.2. The molecule has 0 radical (unpaired) electrons. The molecule has 1 heterocycles. The number of hydrogen-bond donors (Lipinski definition) is 1. The average molecular weight is 265 g/mol. The number of pyridine rings is 1. The summed E-state index contributed by atoms with van der Waals surface area (Å²) in [5.74, 6) is 0.216. The molecule has 0 aromatic carbocycles. The van der Waals surface area contributed by atoms with Crippen LogP contribution in [0.5, 0.6) is 0 Å². The van der Waals surface area contributed by atoms with Gasteiger partial charge >= 0.3 is 0 Å². The maximum absolute atomic E-state index is 11.7. The molecule has 0 spiro atoms. The molecule has 1 aromatic heterocycles. The zero-order valence-electron chi connectivity index (χ0n) is 10.5. The molecule has 19 heavy (non-hydrogen) atoms. The zero-order chi connectivity index (χ0) is 14.0. The van der Waals surface area contributed by atoms with Gasteiger partial charge in [0, 0.05) is 18.2 Å². The molecule has 1 amide bonds. The van der Waals surface area contributed by atoms with Crippen molar-refractivity contribution in [2.75, 3.05) is 0 Å². The highest BCUT2D eigenvalue weighted by atomic mass is 16.6. The van der Waals surface area contributed by atoms with Gasteiger partial charge in [-0.25, -0.2) is 0 Å². The Balaban J connectivity index is 2.04. The van der Waals surface area contributed by atoms with Gasteiger partial charge in [0.15, 0.2) is 0 Å². The summed E-state index contributed by atoms with van der Waals surface area (Å²) in [6, 6.07) is 2.31. The van der Waals surface area contributed by atoms with Gasteiger partial charge in [-0.2, -0.15) is 0 Å². The summed E-state index contributed by atoms with van der Waals surface area (Å²) in [4.78, 5) is 33.3. The molecule has 0 bridgehead atoms. The number of amides is 1.